The third kappa shape index (κ3) is 8.59. The van der Waals surface area contributed by atoms with E-state index in [4.69, 9.17) is 47.5 Å². The first-order chi connectivity index (χ1) is 25.1. The first-order valence-corrected chi connectivity index (χ1v) is 17.9. The Balaban J connectivity index is 1.18. The van der Waals surface area contributed by atoms with Gasteiger partial charge in [0, 0.05) is 60.9 Å². The number of halogens is 2. The normalized spacial score (nSPS) is 17.1. The van der Waals surface area contributed by atoms with Crippen LogP contribution in [0.15, 0.2) is 54.6 Å². The van der Waals surface area contributed by atoms with Crippen molar-refractivity contribution in [3.8, 4) is 40.0 Å². The lowest BCUT2D eigenvalue weighted by molar-refractivity contribution is -0.139. The van der Waals surface area contributed by atoms with Crippen molar-refractivity contribution in [3.05, 3.63) is 86.9 Å². The number of carbonyl (C=O) groups excluding carboxylic acids is 1. The fourth-order valence-electron chi connectivity index (χ4n) is 6.73. The van der Waals surface area contributed by atoms with Crippen molar-refractivity contribution in [2.45, 2.75) is 63.4 Å². The first-order valence-electron chi connectivity index (χ1n) is 17.1. The number of aliphatic hydroxyl groups excluding tert-OH is 1. The third-order valence-electron chi connectivity index (χ3n) is 9.24. The number of methoxy groups -OCH3 is 2. The van der Waals surface area contributed by atoms with Crippen molar-refractivity contribution < 1.29 is 34.0 Å². The van der Waals surface area contributed by atoms with Crippen molar-refractivity contribution >= 4 is 35.1 Å². The van der Waals surface area contributed by atoms with Crippen molar-refractivity contribution in [1.82, 2.24) is 25.9 Å². The van der Waals surface area contributed by atoms with E-state index in [-0.39, 0.29) is 43.4 Å². The lowest BCUT2D eigenvalue weighted by Gasteiger charge is -2.18. The molecule has 3 heterocycles. The largest absolute Gasteiger partial charge is 0.481 e. The fourth-order valence-corrected chi connectivity index (χ4v) is 7.28. The van der Waals surface area contributed by atoms with Gasteiger partial charge in [-0.3, -0.25) is 9.59 Å². The van der Waals surface area contributed by atoms with E-state index in [0.29, 0.717) is 59.0 Å². The molecule has 52 heavy (non-hydrogen) atoms. The van der Waals surface area contributed by atoms with E-state index in [1.807, 2.05) is 42.5 Å². The van der Waals surface area contributed by atoms with Gasteiger partial charge in [0.25, 0.3) is 0 Å². The van der Waals surface area contributed by atoms with Gasteiger partial charge in [-0.05, 0) is 48.1 Å². The second-order valence-electron chi connectivity index (χ2n) is 12.8. The molecule has 0 unspecified atom stereocenters. The van der Waals surface area contributed by atoms with E-state index in [2.05, 4.69) is 27.0 Å². The Labute approximate surface area is 311 Å². The van der Waals surface area contributed by atoms with Crippen molar-refractivity contribution in [1.29, 1.82) is 0 Å². The zero-order chi connectivity index (χ0) is 36.8. The number of rotatable bonds is 16. The maximum atomic E-state index is 11.5. The highest BCUT2D eigenvalue weighted by atomic mass is 35.5. The van der Waals surface area contributed by atoms with Gasteiger partial charge in [0.05, 0.1) is 37.5 Å². The number of aliphatic hydroxyl groups is 1. The summed E-state index contributed by atoms with van der Waals surface area (Å²) in [5.41, 5.74) is 7.04. The number of hydrogen-bond donors (Lipinski definition) is 5. The molecule has 2 aliphatic rings. The van der Waals surface area contributed by atoms with E-state index >= 15 is 0 Å². The topological polar surface area (TPSA) is 164 Å². The molecule has 0 saturated carbocycles. The molecule has 12 nitrogen and oxygen atoms in total. The molecule has 1 fully saturated rings. The number of aromatic nitrogens is 2. The average molecular weight is 751 g/mol. The molecular formula is C38H41Cl2N5O7. The smallest absolute Gasteiger partial charge is 0.306 e. The molecule has 2 aromatic heterocycles. The second-order valence-corrected chi connectivity index (χ2v) is 13.6. The minimum atomic E-state index is -1.08. The Bertz CT molecular complexity index is 1940. The number of fused-ring (bicyclic) bond motifs is 1. The molecule has 0 bridgehead atoms. The van der Waals surface area contributed by atoms with Gasteiger partial charge < -0.3 is 40.4 Å². The Morgan fingerprint density at radius 1 is 0.923 bits per heavy atom. The van der Waals surface area contributed by atoms with E-state index in [9.17, 15) is 14.7 Å². The lowest BCUT2D eigenvalue weighted by atomic mass is 9.94. The number of carboxylic acids is 1. The Morgan fingerprint density at radius 2 is 1.65 bits per heavy atom. The minimum Gasteiger partial charge on any atom is -0.481 e. The monoisotopic (exact) mass is 749 g/mol. The quantitative estimate of drug-likeness (QED) is 0.0984. The van der Waals surface area contributed by atoms with Crippen molar-refractivity contribution in [2.75, 3.05) is 27.3 Å². The van der Waals surface area contributed by atoms with E-state index in [1.54, 1.807) is 13.2 Å². The molecule has 14 heteroatoms. The Hall–Kier alpha value is -4.46. The predicted octanol–water partition coefficient (Wildman–Crippen LogP) is 5.49. The zero-order valence-electron chi connectivity index (χ0n) is 28.9. The molecule has 5 N–H and O–H groups in total. The van der Waals surface area contributed by atoms with Crippen LogP contribution in [-0.4, -0.2) is 71.5 Å². The highest BCUT2D eigenvalue weighted by Gasteiger charge is 2.29. The number of nitrogens with one attached hydrogen (secondary N) is 3. The van der Waals surface area contributed by atoms with Crippen LogP contribution in [0.2, 0.25) is 10.0 Å². The van der Waals surface area contributed by atoms with Crippen LogP contribution >= 0.6 is 23.2 Å². The van der Waals surface area contributed by atoms with Gasteiger partial charge in [-0.25, -0.2) is 4.98 Å². The zero-order valence-corrected chi connectivity index (χ0v) is 30.4. The minimum absolute atomic E-state index is 0.0816. The summed E-state index contributed by atoms with van der Waals surface area (Å²) in [6.07, 6.45) is 1.16. The van der Waals surface area contributed by atoms with Gasteiger partial charge >= 0.3 is 5.97 Å². The molecule has 274 valence electrons. The number of amides is 1. The van der Waals surface area contributed by atoms with Gasteiger partial charge in [-0.1, -0.05) is 65.7 Å². The van der Waals surface area contributed by atoms with Crippen molar-refractivity contribution in [3.63, 3.8) is 0 Å². The molecule has 1 amide bonds. The van der Waals surface area contributed by atoms with Crippen LogP contribution in [0.5, 0.6) is 17.6 Å². The average Bonchev–Trinajstić information content (AvgIpc) is 3.74. The van der Waals surface area contributed by atoms with Gasteiger partial charge in [0.2, 0.25) is 23.5 Å². The molecule has 2 aromatic carbocycles. The van der Waals surface area contributed by atoms with E-state index in [1.165, 1.54) is 7.11 Å². The highest BCUT2D eigenvalue weighted by molar-refractivity contribution is 6.36. The summed E-state index contributed by atoms with van der Waals surface area (Å²) >= 11 is 13.8. The van der Waals surface area contributed by atoms with Gasteiger partial charge in [-0.2, -0.15) is 4.98 Å². The van der Waals surface area contributed by atoms with E-state index < -0.39 is 12.1 Å². The lowest BCUT2D eigenvalue weighted by Crippen LogP contribution is -2.35. The number of carbonyl (C=O) groups is 2. The van der Waals surface area contributed by atoms with Crippen LogP contribution < -0.4 is 30.2 Å². The molecule has 6 rings (SSSR count). The Morgan fingerprint density at radius 3 is 2.40 bits per heavy atom. The molecule has 1 aliphatic heterocycles. The number of carboxylic acid groups (broad SMARTS) is 1. The first kappa shape index (κ1) is 37.3. The summed E-state index contributed by atoms with van der Waals surface area (Å²) in [4.78, 5) is 31.7. The number of pyridine rings is 2. The summed E-state index contributed by atoms with van der Waals surface area (Å²) in [7, 11) is 3.09. The van der Waals surface area contributed by atoms with Crippen LogP contribution in [0.1, 0.15) is 54.0 Å². The highest BCUT2D eigenvalue weighted by Crippen LogP contribution is 2.44. The summed E-state index contributed by atoms with van der Waals surface area (Å²) < 4.78 is 17.6. The summed E-state index contributed by atoms with van der Waals surface area (Å²) in [5, 5.41) is 29.0. The molecule has 0 radical (unpaired) electrons. The van der Waals surface area contributed by atoms with Crippen molar-refractivity contribution in [2.24, 2.45) is 0 Å². The van der Waals surface area contributed by atoms with Crippen LogP contribution in [0.4, 0.5) is 0 Å². The molecule has 3 atom stereocenters. The summed E-state index contributed by atoms with van der Waals surface area (Å²) in [5.74, 6) is 0.0679. The van der Waals surface area contributed by atoms with E-state index in [0.717, 1.165) is 46.2 Å². The summed E-state index contributed by atoms with van der Waals surface area (Å²) in [6.45, 7) is 1.56. The molecule has 1 saturated heterocycles. The maximum Gasteiger partial charge on any atom is 0.306 e. The standard InChI is InChI=1S/C38H41Cl2N5O7/c1-50-36-21(17-41-19-23-10-14-33(47)43-23)9-12-31(44-36)29-8-4-7-28(35(29)40)25-5-3-6-27-26(25)11-13-32(27)52-38-30(39)15-22(37(45-38)51-2)18-42-20-24(46)16-34(48)49/h3-9,12,15,23-24,32,41-42,46H,10-11,13-14,16-20H2,1-2H3,(H,43,47)(H,48,49)/t23-,24-,32-/m0/s1. The molecule has 0 spiro atoms. The molecule has 1 aliphatic carbocycles. The van der Waals surface area contributed by atoms with Gasteiger partial charge in [0.1, 0.15) is 11.1 Å². The second kappa shape index (κ2) is 16.9. The van der Waals surface area contributed by atoms with Gasteiger partial charge in [0.15, 0.2) is 0 Å². The number of hydrogen-bond acceptors (Lipinski definition) is 10. The molecular weight excluding hydrogens is 709 g/mol. The fraction of sp³-hybridized carbons (Fsp3) is 0.368. The molecule has 4 aromatic rings. The number of nitrogens with zero attached hydrogens (tertiary/aromatic N) is 2. The summed E-state index contributed by atoms with van der Waals surface area (Å²) in [6, 6.07) is 17.8. The number of aliphatic carboxylic acids is 1. The third-order valence-corrected chi connectivity index (χ3v) is 9.92. The SMILES string of the molecule is COc1nc(-c2cccc(-c3cccc4c3CC[C@@H]4Oc3nc(OC)c(CNC[C@@H](O)CC(=O)O)cc3Cl)c2Cl)ccc1CNC[C@@H]1CCC(=O)N1. The maximum absolute atomic E-state index is 11.5. The number of benzene rings is 2. The Kier molecular flexibility index (Phi) is 12.1. The predicted molar refractivity (Wildman–Crippen MR) is 197 cm³/mol. The number of ether oxygens (including phenoxy) is 3. The van der Waals surface area contributed by atoms with Crippen LogP contribution in [-0.2, 0) is 29.1 Å². The van der Waals surface area contributed by atoms with Crippen LogP contribution in [0, 0.1) is 0 Å². The van der Waals surface area contributed by atoms with Crippen LogP contribution in [0.3, 0.4) is 0 Å². The van der Waals surface area contributed by atoms with Gasteiger partial charge in [-0.15, -0.1) is 0 Å². The van der Waals surface area contributed by atoms with Crippen LogP contribution in [0.25, 0.3) is 22.4 Å².